The normalized spacial score (nSPS) is 12.4. The highest BCUT2D eigenvalue weighted by Crippen LogP contribution is 2.24. The fourth-order valence-electron chi connectivity index (χ4n) is 3.10. The Balaban J connectivity index is 1.49. The van der Waals surface area contributed by atoms with E-state index < -0.39 is 10.0 Å². The molecule has 0 saturated carbocycles. The Kier molecular flexibility index (Phi) is 5.29. The van der Waals surface area contributed by atoms with Crippen molar-refractivity contribution in [2.45, 2.75) is 17.9 Å². The van der Waals surface area contributed by atoms with Crippen molar-refractivity contribution < 1.29 is 17.6 Å². The van der Waals surface area contributed by atoms with E-state index in [9.17, 15) is 13.2 Å². The number of furan rings is 1. The van der Waals surface area contributed by atoms with Gasteiger partial charge in [0.05, 0.1) is 10.9 Å². The zero-order valence-corrected chi connectivity index (χ0v) is 17.0. The fourth-order valence-corrected chi connectivity index (χ4v) is 4.18. The molecule has 0 fully saturated rings. The summed E-state index contributed by atoms with van der Waals surface area (Å²) in [7, 11) is -3.73. The number of carbonyl (C=O) groups excluding carboxylic acids is 1. The molecule has 0 aliphatic rings. The van der Waals surface area contributed by atoms with Crippen molar-refractivity contribution >= 4 is 32.6 Å². The molecule has 0 spiro atoms. The highest BCUT2D eigenvalue weighted by molar-refractivity contribution is 7.92. The second-order valence-corrected chi connectivity index (χ2v) is 8.56. The van der Waals surface area contributed by atoms with Gasteiger partial charge in [-0.1, -0.05) is 42.5 Å². The quantitative estimate of drug-likeness (QED) is 0.472. The Morgan fingerprint density at radius 3 is 2.40 bits per heavy atom. The lowest BCUT2D eigenvalue weighted by molar-refractivity contribution is 0.0935. The predicted octanol–water partition coefficient (Wildman–Crippen LogP) is 4.72. The summed E-state index contributed by atoms with van der Waals surface area (Å²) in [6, 6.07) is 23.6. The van der Waals surface area contributed by atoms with Crippen LogP contribution in [0.25, 0.3) is 11.0 Å². The Morgan fingerprint density at radius 1 is 0.900 bits per heavy atom. The molecule has 3 aromatic carbocycles. The first kappa shape index (κ1) is 19.7. The molecule has 1 amide bonds. The third kappa shape index (κ3) is 4.21. The van der Waals surface area contributed by atoms with Gasteiger partial charge in [-0.25, -0.2) is 8.42 Å². The largest absolute Gasteiger partial charge is 0.459 e. The van der Waals surface area contributed by atoms with E-state index >= 15 is 0 Å². The van der Waals surface area contributed by atoms with E-state index in [1.54, 1.807) is 36.4 Å². The molecule has 2 N–H and O–H groups in total. The van der Waals surface area contributed by atoms with Crippen LogP contribution >= 0.6 is 0 Å². The van der Waals surface area contributed by atoms with Crippen molar-refractivity contribution in [2.75, 3.05) is 4.72 Å². The van der Waals surface area contributed by atoms with Crippen molar-refractivity contribution in [1.82, 2.24) is 5.32 Å². The zero-order valence-electron chi connectivity index (χ0n) is 16.2. The Morgan fingerprint density at radius 2 is 1.63 bits per heavy atom. The topological polar surface area (TPSA) is 88.4 Å². The van der Waals surface area contributed by atoms with E-state index in [-0.39, 0.29) is 16.8 Å². The van der Waals surface area contributed by atoms with Gasteiger partial charge in [0.25, 0.3) is 15.9 Å². The van der Waals surface area contributed by atoms with Crippen molar-refractivity contribution in [3.8, 4) is 0 Å². The van der Waals surface area contributed by atoms with Gasteiger partial charge in [0.1, 0.15) is 11.3 Å². The molecule has 1 atom stereocenters. The molecule has 0 saturated heterocycles. The average Bonchev–Trinajstić information content (AvgIpc) is 3.19. The van der Waals surface area contributed by atoms with E-state index in [1.807, 2.05) is 37.3 Å². The van der Waals surface area contributed by atoms with Gasteiger partial charge in [0.15, 0.2) is 0 Å². The highest BCUT2D eigenvalue weighted by Gasteiger charge is 2.17. The first-order valence-electron chi connectivity index (χ1n) is 9.40. The second kappa shape index (κ2) is 8.04. The molecule has 6 nitrogen and oxygen atoms in total. The smallest absolute Gasteiger partial charge is 0.261 e. The molecule has 30 heavy (non-hydrogen) atoms. The molecule has 0 aliphatic heterocycles. The maximum absolute atomic E-state index is 12.7. The van der Waals surface area contributed by atoms with E-state index in [4.69, 9.17) is 4.42 Å². The van der Waals surface area contributed by atoms with Crippen LogP contribution in [0, 0.1) is 0 Å². The molecule has 0 bridgehead atoms. The third-order valence-corrected chi connectivity index (χ3v) is 6.05. The zero-order chi connectivity index (χ0) is 21.1. The van der Waals surface area contributed by atoms with Gasteiger partial charge in [-0.2, -0.15) is 0 Å². The van der Waals surface area contributed by atoms with Crippen molar-refractivity contribution in [3.63, 3.8) is 0 Å². The van der Waals surface area contributed by atoms with E-state index in [2.05, 4.69) is 10.0 Å². The Bertz CT molecular complexity index is 1260. The van der Waals surface area contributed by atoms with Crippen LogP contribution in [0.5, 0.6) is 0 Å². The number of sulfonamides is 1. The van der Waals surface area contributed by atoms with Gasteiger partial charge >= 0.3 is 0 Å². The van der Waals surface area contributed by atoms with E-state index in [1.165, 1.54) is 18.2 Å². The number of anilines is 1. The van der Waals surface area contributed by atoms with Crippen LogP contribution in [0.3, 0.4) is 0 Å². The molecule has 1 unspecified atom stereocenters. The summed E-state index contributed by atoms with van der Waals surface area (Å²) in [5.41, 5.74) is 1.40. The van der Waals surface area contributed by atoms with Gasteiger partial charge in [-0.3, -0.25) is 9.52 Å². The minimum Gasteiger partial charge on any atom is -0.459 e. The van der Waals surface area contributed by atoms with Gasteiger partial charge in [0, 0.05) is 16.6 Å². The number of nitrogens with one attached hydrogen (secondary N) is 2. The van der Waals surface area contributed by atoms with Crippen LogP contribution in [-0.2, 0) is 10.0 Å². The number of benzene rings is 3. The minimum atomic E-state index is -3.73. The van der Waals surface area contributed by atoms with Gasteiger partial charge in [0.2, 0.25) is 0 Å². The van der Waals surface area contributed by atoms with Crippen LogP contribution in [0.4, 0.5) is 5.69 Å². The van der Waals surface area contributed by atoms with Gasteiger partial charge in [-0.05, 0) is 49.4 Å². The van der Waals surface area contributed by atoms with Crippen LogP contribution in [0.2, 0.25) is 0 Å². The lowest BCUT2D eigenvalue weighted by atomic mass is 10.1. The van der Waals surface area contributed by atoms with E-state index in [0.29, 0.717) is 17.0 Å². The number of hydrogen-bond acceptors (Lipinski definition) is 4. The monoisotopic (exact) mass is 420 g/mol. The number of carbonyl (C=O) groups is 1. The summed E-state index contributed by atoms with van der Waals surface area (Å²) in [4.78, 5) is 12.9. The maximum Gasteiger partial charge on any atom is 0.261 e. The van der Waals surface area contributed by atoms with Gasteiger partial charge in [-0.15, -0.1) is 0 Å². The molecule has 0 aliphatic carbocycles. The van der Waals surface area contributed by atoms with Crippen LogP contribution in [0.15, 0.2) is 94.2 Å². The SMILES string of the molecule is CC(NC(=O)c1cccc(NS(=O)(=O)c2ccccc2)c1)c1cc2ccccc2o1. The van der Waals surface area contributed by atoms with Crippen molar-refractivity contribution in [3.05, 3.63) is 96.3 Å². The lowest BCUT2D eigenvalue weighted by Gasteiger charge is -2.13. The molecule has 1 heterocycles. The number of hydrogen-bond donors (Lipinski definition) is 2. The molecule has 4 aromatic rings. The first-order chi connectivity index (χ1) is 14.4. The van der Waals surface area contributed by atoms with Crippen LogP contribution < -0.4 is 10.0 Å². The minimum absolute atomic E-state index is 0.151. The van der Waals surface area contributed by atoms with Crippen molar-refractivity contribution in [1.29, 1.82) is 0 Å². The maximum atomic E-state index is 12.7. The summed E-state index contributed by atoms with van der Waals surface area (Å²) in [6.07, 6.45) is 0. The number of rotatable bonds is 6. The van der Waals surface area contributed by atoms with Crippen molar-refractivity contribution in [2.24, 2.45) is 0 Å². The molecule has 7 heteroatoms. The summed E-state index contributed by atoms with van der Waals surface area (Å²) >= 11 is 0. The number of para-hydroxylation sites is 1. The van der Waals surface area contributed by atoms with Crippen LogP contribution in [-0.4, -0.2) is 14.3 Å². The number of fused-ring (bicyclic) bond motifs is 1. The first-order valence-corrected chi connectivity index (χ1v) is 10.9. The Hall–Kier alpha value is -3.58. The lowest BCUT2D eigenvalue weighted by Crippen LogP contribution is -2.26. The summed E-state index contributed by atoms with van der Waals surface area (Å²) in [5, 5.41) is 3.85. The molecule has 1 aromatic heterocycles. The van der Waals surface area contributed by atoms with Crippen LogP contribution in [0.1, 0.15) is 29.1 Å². The fraction of sp³-hybridized carbons (Fsp3) is 0.0870. The summed E-state index contributed by atoms with van der Waals surface area (Å²) < 4.78 is 33.3. The summed E-state index contributed by atoms with van der Waals surface area (Å²) in [5.74, 6) is 0.314. The molecule has 4 rings (SSSR count). The molecular weight excluding hydrogens is 400 g/mol. The molecule has 0 radical (unpaired) electrons. The standard InChI is InChI=1S/C23H20N2O4S/c1-16(22-15-17-8-5-6-13-21(17)29-22)24-23(26)18-9-7-10-19(14-18)25-30(27,28)20-11-3-2-4-12-20/h2-16,25H,1H3,(H,24,26). The van der Waals surface area contributed by atoms with E-state index in [0.717, 1.165) is 11.0 Å². The average molecular weight is 420 g/mol. The highest BCUT2D eigenvalue weighted by atomic mass is 32.2. The second-order valence-electron chi connectivity index (χ2n) is 6.88. The molecule has 152 valence electrons. The predicted molar refractivity (Wildman–Crippen MR) is 116 cm³/mol. The molecular formula is C23H20N2O4S. The van der Waals surface area contributed by atoms with Gasteiger partial charge < -0.3 is 9.73 Å². The third-order valence-electron chi connectivity index (χ3n) is 4.65. The Labute approximate surface area is 174 Å². The summed E-state index contributed by atoms with van der Waals surface area (Å²) in [6.45, 7) is 1.83. The number of amides is 1.